The van der Waals surface area contributed by atoms with Gasteiger partial charge in [-0.3, -0.25) is 9.36 Å². The molecule has 0 aliphatic rings. The van der Waals surface area contributed by atoms with E-state index < -0.39 is 0 Å². The van der Waals surface area contributed by atoms with E-state index in [0.29, 0.717) is 11.0 Å². The van der Waals surface area contributed by atoms with E-state index in [1.54, 1.807) is 13.3 Å². The lowest BCUT2D eigenvalue weighted by molar-refractivity contribution is -0.118. The number of hydrazone groups is 1. The molecule has 34 heavy (non-hydrogen) atoms. The van der Waals surface area contributed by atoms with Gasteiger partial charge in [-0.05, 0) is 43.7 Å². The third kappa shape index (κ3) is 5.71. The van der Waals surface area contributed by atoms with Crippen molar-refractivity contribution in [1.29, 1.82) is 0 Å². The maximum Gasteiger partial charge on any atom is 0.250 e. The summed E-state index contributed by atoms with van der Waals surface area (Å²) in [6.45, 7) is 4.06. The van der Waals surface area contributed by atoms with Crippen molar-refractivity contribution in [3.8, 4) is 22.8 Å². The Labute approximate surface area is 202 Å². The number of ether oxygens (including phenoxy) is 1. The number of nitrogens with one attached hydrogen (secondary N) is 1. The molecule has 0 fully saturated rings. The second-order valence-corrected chi connectivity index (χ2v) is 8.64. The van der Waals surface area contributed by atoms with E-state index in [1.165, 1.54) is 17.3 Å². The van der Waals surface area contributed by atoms with Crippen LogP contribution >= 0.6 is 11.8 Å². The zero-order chi connectivity index (χ0) is 23.9. The lowest BCUT2D eigenvalue weighted by Gasteiger charge is -2.11. The molecule has 8 heteroatoms. The minimum atomic E-state index is -0.227. The molecular weight excluding hydrogens is 446 g/mol. The van der Waals surface area contributed by atoms with Crippen molar-refractivity contribution >= 4 is 23.9 Å². The highest BCUT2D eigenvalue weighted by Gasteiger charge is 2.17. The predicted molar refractivity (Wildman–Crippen MR) is 136 cm³/mol. The van der Waals surface area contributed by atoms with Crippen molar-refractivity contribution in [1.82, 2.24) is 20.2 Å². The largest absolute Gasteiger partial charge is 0.497 e. The van der Waals surface area contributed by atoms with E-state index in [2.05, 4.69) is 20.7 Å². The van der Waals surface area contributed by atoms with Crippen LogP contribution in [0.25, 0.3) is 17.1 Å². The summed E-state index contributed by atoms with van der Waals surface area (Å²) in [7, 11) is 1.63. The molecule has 1 heterocycles. The number of nitrogens with zero attached hydrogens (tertiary/aromatic N) is 4. The van der Waals surface area contributed by atoms with Crippen molar-refractivity contribution in [2.75, 3.05) is 12.9 Å². The highest BCUT2D eigenvalue weighted by atomic mass is 32.2. The first-order chi connectivity index (χ1) is 16.5. The van der Waals surface area contributed by atoms with E-state index in [9.17, 15) is 4.79 Å². The van der Waals surface area contributed by atoms with Crippen LogP contribution in [0, 0.1) is 13.8 Å². The Hall–Kier alpha value is -3.91. The van der Waals surface area contributed by atoms with Crippen LogP contribution in [-0.2, 0) is 4.79 Å². The SMILES string of the molecule is COc1ccc(-n2c(SCC(=O)N/N=C/c3ccc(C)cc3)nnc2-c2ccc(C)cc2)cc1. The van der Waals surface area contributed by atoms with Gasteiger partial charge < -0.3 is 4.74 Å². The molecule has 0 radical (unpaired) electrons. The molecular formula is C26H25N5O2S. The number of carbonyl (C=O) groups excluding carboxylic acids is 1. The van der Waals surface area contributed by atoms with E-state index in [4.69, 9.17) is 4.74 Å². The summed E-state index contributed by atoms with van der Waals surface area (Å²) in [6.07, 6.45) is 1.62. The molecule has 4 aromatic rings. The van der Waals surface area contributed by atoms with Gasteiger partial charge >= 0.3 is 0 Å². The average Bonchev–Trinajstić information content (AvgIpc) is 3.28. The third-order valence-corrected chi connectivity index (χ3v) is 6.02. The monoisotopic (exact) mass is 471 g/mol. The molecule has 0 atom stereocenters. The molecule has 3 aromatic carbocycles. The van der Waals surface area contributed by atoms with E-state index >= 15 is 0 Å². The summed E-state index contributed by atoms with van der Waals surface area (Å²) >= 11 is 1.30. The molecule has 0 aliphatic heterocycles. The third-order valence-electron chi connectivity index (χ3n) is 5.09. The van der Waals surface area contributed by atoms with E-state index in [1.807, 2.05) is 91.2 Å². The van der Waals surface area contributed by atoms with Gasteiger partial charge in [-0.15, -0.1) is 10.2 Å². The fourth-order valence-corrected chi connectivity index (χ4v) is 3.96. The molecule has 1 N–H and O–H groups in total. The van der Waals surface area contributed by atoms with Crippen LogP contribution in [0.4, 0.5) is 0 Å². The smallest absolute Gasteiger partial charge is 0.250 e. The van der Waals surface area contributed by atoms with Gasteiger partial charge in [0.25, 0.3) is 5.91 Å². The number of amides is 1. The summed E-state index contributed by atoms with van der Waals surface area (Å²) in [5.41, 5.74) is 7.64. The summed E-state index contributed by atoms with van der Waals surface area (Å²) in [5, 5.41) is 13.4. The van der Waals surface area contributed by atoms with Crippen LogP contribution in [0.2, 0.25) is 0 Å². The summed E-state index contributed by atoms with van der Waals surface area (Å²) in [4.78, 5) is 12.4. The Bertz CT molecular complexity index is 1280. The zero-order valence-corrected chi connectivity index (χ0v) is 20.0. The van der Waals surface area contributed by atoms with Crippen LogP contribution in [0.1, 0.15) is 16.7 Å². The van der Waals surface area contributed by atoms with Crippen molar-refractivity contribution < 1.29 is 9.53 Å². The van der Waals surface area contributed by atoms with Crippen LogP contribution in [0.15, 0.2) is 83.1 Å². The first kappa shape index (κ1) is 23.3. The minimum absolute atomic E-state index is 0.146. The zero-order valence-electron chi connectivity index (χ0n) is 19.2. The lowest BCUT2D eigenvalue weighted by Crippen LogP contribution is -2.20. The number of carbonyl (C=O) groups is 1. The van der Waals surface area contributed by atoms with Crippen molar-refractivity contribution in [3.05, 3.63) is 89.5 Å². The number of methoxy groups -OCH3 is 1. The second kappa shape index (κ2) is 10.8. The maximum atomic E-state index is 12.4. The summed E-state index contributed by atoms with van der Waals surface area (Å²) in [6, 6.07) is 23.6. The number of rotatable bonds is 8. The number of hydrogen-bond acceptors (Lipinski definition) is 6. The molecule has 0 aliphatic carbocycles. The summed E-state index contributed by atoms with van der Waals surface area (Å²) in [5.74, 6) is 1.38. The minimum Gasteiger partial charge on any atom is -0.497 e. The Kier molecular flexibility index (Phi) is 7.39. The molecule has 0 spiro atoms. The van der Waals surface area contributed by atoms with Gasteiger partial charge in [0.05, 0.1) is 19.1 Å². The van der Waals surface area contributed by atoms with Crippen LogP contribution in [0.5, 0.6) is 5.75 Å². The number of thioether (sulfide) groups is 1. The first-order valence-corrected chi connectivity index (χ1v) is 11.7. The second-order valence-electron chi connectivity index (χ2n) is 7.70. The standard InChI is InChI=1S/C26H25N5O2S/c1-18-4-8-20(9-5-18)16-27-28-24(32)17-34-26-30-29-25(21-10-6-19(2)7-11-21)31(26)22-12-14-23(33-3)15-13-22/h4-16H,17H2,1-3H3,(H,28,32)/b27-16+. The molecule has 1 amide bonds. The van der Waals surface area contributed by atoms with Gasteiger partial charge in [-0.1, -0.05) is 71.4 Å². The van der Waals surface area contributed by atoms with E-state index in [-0.39, 0.29) is 11.7 Å². The lowest BCUT2D eigenvalue weighted by atomic mass is 10.1. The molecule has 4 rings (SSSR count). The fraction of sp³-hybridized carbons (Fsp3) is 0.154. The van der Waals surface area contributed by atoms with E-state index in [0.717, 1.165) is 28.1 Å². The van der Waals surface area contributed by atoms with Gasteiger partial charge in [0, 0.05) is 11.3 Å². The molecule has 0 saturated heterocycles. The number of hydrogen-bond donors (Lipinski definition) is 1. The Morgan fingerprint density at radius 2 is 1.62 bits per heavy atom. The molecule has 0 saturated carbocycles. The highest BCUT2D eigenvalue weighted by molar-refractivity contribution is 7.99. The van der Waals surface area contributed by atoms with Crippen molar-refractivity contribution in [2.45, 2.75) is 19.0 Å². The molecule has 0 bridgehead atoms. The van der Waals surface area contributed by atoms with Gasteiger partial charge in [-0.2, -0.15) is 5.10 Å². The van der Waals surface area contributed by atoms with Gasteiger partial charge in [0.15, 0.2) is 11.0 Å². The van der Waals surface area contributed by atoms with Gasteiger partial charge in [0.2, 0.25) is 0 Å². The van der Waals surface area contributed by atoms with Gasteiger partial charge in [0.1, 0.15) is 5.75 Å². The average molecular weight is 472 g/mol. The summed E-state index contributed by atoms with van der Waals surface area (Å²) < 4.78 is 7.23. The first-order valence-electron chi connectivity index (χ1n) is 10.7. The quantitative estimate of drug-likeness (QED) is 0.227. The normalized spacial score (nSPS) is 11.0. The Morgan fingerprint density at radius 1 is 0.971 bits per heavy atom. The highest BCUT2D eigenvalue weighted by Crippen LogP contribution is 2.29. The van der Waals surface area contributed by atoms with Crippen molar-refractivity contribution in [3.63, 3.8) is 0 Å². The molecule has 7 nitrogen and oxygen atoms in total. The van der Waals surface area contributed by atoms with Crippen LogP contribution in [-0.4, -0.2) is 39.7 Å². The maximum absolute atomic E-state index is 12.4. The van der Waals surface area contributed by atoms with Crippen molar-refractivity contribution in [2.24, 2.45) is 5.10 Å². The van der Waals surface area contributed by atoms with Crippen LogP contribution in [0.3, 0.4) is 0 Å². The predicted octanol–water partition coefficient (Wildman–Crippen LogP) is 4.80. The molecule has 172 valence electrons. The Morgan fingerprint density at radius 3 is 2.26 bits per heavy atom. The number of aryl methyl sites for hydroxylation is 2. The Balaban J connectivity index is 1.52. The number of benzene rings is 3. The molecule has 1 aromatic heterocycles. The molecule has 0 unspecified atom stereocenters. The topological polar surface area (TPSA) is 81.4 Å². The van der Waals surface area contributed by atoms with Crippen LogP contribution < -0.4 is 10.2 Å². The fourth-order valence-electron chi connectivity index (χ4n) is 3.21. The van der Waals surface area contributed by atoms with Gasteiger partial charge in [-0.25, -0.2) is 5.43 Å². The number of aromatic nitrogens is 3.